The van der Waals surface area contributed by atoms with Gasteiger partial charge in [-0.2, -0.15) is 0 Å². The van der Waals surface area contributed by atoms with Gasteiger partial charge in [0.2, 0.25) is 0 Å². The number of nitrogens with zero attached hydrogens (tertiary/aromatic N) is 3. The van der Waals surface area contributed by atoms with E-state index in [1.54, 1.807) is 6.33 Å². The quantitative estimate of drug-likeness (QED) is 0.746. The Kier molecular flexibility index (Phi) is 3.02. The Morgan fingerprint density at radius 3 is 2.93 bits per heavy atom. The summed E-state index contributed by atoms with van der Waals surface area (Å²) in [4.78, 5) is 8.33. The SMILES string of the molecule is Cc1cc(Cn2cnc(CCl)c2)ccn1. The summed E-state index contributed by atoms with van der Waals surface area (Å²) < 4.78 is 2.02. The van der Waals surface area contributed by atoms with Crippen molar-refractivity contribution in [3.63, 3.8) is 0 Å². The number of pyridine rings is 1. The highest BCUT2D eigenvalue weighted by atomic mass is 35.5. The lowest BCUT2D eigenvalue weighted by Crippen LogP contribution is -1.97. The van der Waals surface area contributed by atoms with Crippen molar-refractivity contribution in [3.8, 4) is 0 Å². The summed E-state index contributed by atoms with van der Waals surface area (Å²) in [5.41, 5.74) is 3.16. The molecular formula is C11H12ClN3. The van der Waals surface area contributed by atoms with Crippen LogP contribution in [0.4, 0.5) is 0 Å². The summed E-state index contributed by atoms with van der Waals surface area (Å²) in [5, 5.41) is 0. The summed E-state index contributed by atoms with van der Waals surface area (Å²) >= 11 is 5.68. The fraction of sp³-hybridized carbons (Fsp3) is 0.273. The molecule has 4 heteroatoms. The van der Waals surface area contributed by atoms with Crippen LogP contribution in [-0.4, -0.2) is 14.5 Å². The molecule has 2 aromatic rings. The van der Waals surface area contributed by atoms with Crippen molar-refractivity contribution in [1.29, 1.82) is 0 Å². The lowest BCUT2D eigenvalue weighted by molar-refractivity contribution is 0.793. The standard InChI is InChI=1S/C11H12ClN3/c1-9-4-10(2-3-13-9)6-15-7-11(5-12)14-8-15/h2-4,7-8H,5-6H2,1H3. The lowest BCUT2D eigenvalue weighted by atomic mass is 10.2. The monoisotopic (exact) mass is 221 g/mol. The van der Waals surface area contributed by atoms with Crippen LogP contribution in [0.5, 0.6) is 0 Å². The fourth-order valence-electron chi connectivity index (χ4n) is 1.48. The highest BCUT2D eigenvalue weighted by Crippen LogP contribution is 2.06. The van der Waals surface area contributed by atoms with E-state index in [0.717, 1.165) is 17.9 Å². The van der Waals surface area contributed by atoms with E-state index < -0.39 is 0 Å². The number of rotatable bonds is 3. The molecule has 0 aromatic carbocycles. The Bertz CT molecular complexity index is 451. The van der Waals surface area contributed by atoms with Crippen molar-refractivity contribution in [2.45, 2.75) is 19.3 Å². The van der Waals surface area contributed by atoms with Gasteiger partial charge in [0.15, 0.2) is 0 Å². The van der Waals surface area contributed by atoms with Crippen LogP contribution in [0.15, 0.2) is 30.9 Å². The van der Waals surface area contributed by atoms with E-state index >= 15 is 0 Å². The topological polar surface area (TPSA) is 30.7 Å². The molecule has 3 nitrogen and oxygen atoms in total. The molecule has 2 heterocycles. The number of aryl methyl sites for hydroxylation is 1. The lowest BCUT2D eigenvalue weighted by Gasteiger charge is -2.02. The Labute approximate surface area is 93.7 Å². The zero-order valence-electron chi connectivity index (χ0n) is 8.52. The van der Waals surface area contributed by atoms with Crippen molar-refractivity contribution in [3.05, 3.63) is 47.8 Å². The number of alkyl halides is 1. The number of halogens is 1. The Morgan fingerprint density at radius 2 is 2.27 bits per heavy atom. The normalized spacial score (nSPS) is 10.5. The van der Waals surface area contributed by atoms with Gasteiger partial charge in [-0.05, 0) is 24.6 Å². The highest BCUT2D eigenvalue weighted by molar-refractivity contribution is 6.16. The maximum atomic E-state index is 5.68. The third-order valence-corrected chi connectivity index (χ3v) is 2.42. The summed E-state index contributed by atoms with van der Waals surface area (Å²) in [6.07, 6.45) is 5.58. The molecule has 2 aromatic heterocycles. The van der Waals surface area contributed by atoms with Crippen molar-refractivity contribution < 1.29 is 0 Å². The van der Waals surface area contributed by atoms with E-state index in [1.807, 2.05) is 30.0 Å². The first-order valence-corrected chi connectivity index (χ1v) is 5.29. The fourth-order valence-corrected chi connectivity index (χ4v) is 1.61. The van der Waals surface area contributed by atoms with Gasteiger partial charge in [-0.25, -0.2) is 4.98 Å². The molecule has 78 valence electrons. The number of hydrogen-bond acceptors (Lipinski definition) is 2. The second-order valence-electron chi connectivity index (χ2n) is 3.48. The van der Waals surface area contributed by atoms with Crippen LogP contribution in [0, 0.1) is 6.92 Å². The second-order valence-corrected chi connectivity index (χ2v) is 3.74. The summed E-state index contributed by atoms with van der Waals surface area (Å²) in [7, 11) is 0. The maximum Gasteiger partial charge on any atom is 0.0953 e. The molecule has 0 unspecified atom stereocenters. The zero-order chi connectivity index (χ0) is 10.7. The van der Waals surface area contributed by atoms with Crippen molar-refractivity contribution in [2.24, 2.45) is 0 Å². The van der Waals surface area contributed by atoms with E-state index in [4.69, 9.17) is 11.6 Å². The van der Waals surface area contributed by atoms with Crippen molar-refractivity contribution in [1.82, 2.24) is 14.5 Å². The molecule has 15 heavy (non-hydrogen) atoms. The van der Waals surface area contributed by atoms with Crippen LogP contribution < -0.4 is 0 Å². The van der Waals surface area contributed by atoms with Gasteiger partial charge in [0.1, 0.15) is 0 Å². The summed E-state index contributed by atoms with van der Waals surface area (Å²) in [5.74, 6) is 0.461. The molecule has 0 saturated carbocycles. The number of aromatic nitrogens is 3. The smallest absolute Gasteiger partial charge is 0.0953 e. The largest absolute Gasteiger partial charge is 0.333 e. The van der Waals surface area contributed by atoms with Gasteiger partial charge in [-0.1, -0.05) is 0 Å². The predicted octanol–water partition coefficient (Wildman–Crippen LogP) is 2.37. The molecule has 0 radical (unpaired) electrons. The van der Waals surface area contributed by atoms with E-state index in [9.17, 15) is 0 Å². The first-order chi connectivity index (χ1) is 7.28. The molecule has 0 aliphatic carbocycles. The molecule has 2 rings (SSSR count). The van der Waals surface area contributed by atoms with E-state index in [-0.39, 0.29) is 0 Å². The first-order valence-electron chi connectivity index (χ1n) is 4.76. The summed E-state index contributed by atoms with van der Waals surface area (Å²) in [6, 6.07) is 4.08. The molecule has 0 N–H and O–H groups in total. The van der Waals surface area contributed by atoms with Gasteiger partial charge < -0.3 is 4.57 Å². The van der Waals surface area contributed by atoms with E-state index in [2.05, 4.69) is 16.0 Å². The molecule has 0 saturated heterocycles. The van der Waals surface area contributed by atoms with Crippen LogP contribution in [0.3, 0.4) is 0 Å². The van der Waals surface area contributed by atoms with Crippen LogP contribution in [-0.2, 0) is 12.4 Å². The van der Waals surface area contributed by atoms with E-state index in [1.165, 1.54) is 5.56 Å². The van der Waals surface area contributed by atoms with Gasteiger partial charge >= 0.3 is 0 Å². The average molecular weight is 222 g/mol. The third-order valence-electron chi connectivity index (χ3n) is 2.15. The minimum atomic E-state index is 0.461. The van der Waals surface area contributed by atoms with Crippen LogP contribution >= 0.6 is 11.6 Å². The molecule has 0 aliphatic rings. The minimum Gasteiger partial charge on any atom is -0.333 e. The molecule has 0 fully saturated rings. The highest BCUT2D eigenvalue weighted by Gasteiger charge is 1.98. The van der Waals surface area contributed by atoms with Crippen molar-refractivity contribution >= 4 is 11.6 Å². The van der Waals surface area contributed by atoms with Gasteiger partial charge in [-0.3, -0.25) is 4.98 Å². The molecule has 0 spiro atoms. The molecule has 0 bridgehead atoms. The zero-order valence-corrected chi connectivity index (χ0v) is 9.28. The molecule has 0 atom stereocenters. The first kappa shape index (κ1) is 10.2. The number of hydrogen-bond donors (Lipinski definition) is 0. The summed E-state index contributed by atoms with van der Waals surface area (Å²) in [6.45, 7) is 2.80. The third kappa shape index (κ3) is 2.57. The van der Waals surface area contributed by atoms with Gasteiger partial charge in [-0.15, -0.1) is 11.6 Å². The molecule has 0 amide bonds. The second kappa shape index (κ2) is 4.45. The molecule has 0 aliphatic heterocycles. The molecular weight excluding hydrogens is 210 g/mol. The minimum absolute atomic E-state index is 0.461. The van der Waals surface area contributed by atoms with Gasteiger partial charge in [0, 0.05) is 24.6 Å². The number of imidazole rings is 1. The van der Waals surface area contributed by atoms with Gasteiger partial charge in [0.25, 0.3) is 0 Å². The average Bonchev–Trinajstić information content (AvgIpc) is 2.65. The Morgan fingerprint density at radius 1 is 1.40 bits per heavy atom. The Balaban J connectivity index is 2.14. The van der Waals surface area contributed by atoms with Crippen LogP contribution in [0.25, 0.3) is 0 Å². The van der Waals surface area contributed by atoms with E-state index in [0.29, 0.717) is 5.88 Å². The Hall–Kier alpha value is -1.35. The van der Waals surface area contributed by atoms with Crippen LogP contribution in [0.1, 0.15) is 17.0 Å². The van der Waals surface area contributed by atoms with Crippen LogP contribution in [0.2, 0.25) is 0 Å². The van der Waals surface area contributed by atoms with Gasteiger partial charge in [0.05, 0.1) is 17.9 Å². The maximum absolute atomic E-state index is 5.68. The van der Waals surface area contributed by atoms with Crippen molar-refractivity contribution in [2.75, 3.05) is 0 Å². The predicted molar refractivity (Wildman–Crippen MR) is 59.9 cm³/mol.